The van der Waals surface area contributed by atoms with Gasteiger partial charge in [0.05, 0.1) is 21.6 Å². The Morgan fingerprint density at radius 2 is 1.79 bits per heavy atom. The van der Waals surface area contributed by atoms with Gasteiger partial charge in [-0.25, -0.2) is 22.5 Å². The zero-order valence-corrected chi connectivity index (χ0v) is 35.9. The second-order valence-corrected chi connectivity index (χ2v) is 18.8. The van der Waals surface area contributed by atoms with Crippen molar-refractivity contribution in [1.82, 2.24) is 19.6 Å². The van der Waals surface area contributed by atoms with E-state index in [9.17, 15) is 36.5 Å². The third-order valence-electron chi connectivity index (χ3n) is 11.8. The summed E-state index contributed by atoms with van der Waals surface area (Å²) in [5.74, 6) is -1.13. The molecule has 1 amide bonds. The molecule has 0 bridgehead atoms. The Morgan fingerprint density at radius 1 is 1.05 bits per heavy atom. The van der Waals surface area contributed by atoms with Gasteiger partial charge in [0.1, 0.15) is 29.4 Å². The van der Waals surface area contributed by atoms with Crippen LogP contribution in [0.5, 0.6) is 17.2 Å². The van der Waals surface area contributed by atoms with Crippen molar-refractivity contribution < 1.29 is 49.9 Å². The van der Waals surface area contributed by atoms with E-state index in [2.05, 4.69) is 40.2 Å². The number of carbonyl (C=O) groups excluding carboxylic acids is 1. The van der Waals surface area contributed by atoms with E-state index >= 15 is 4.39 Å². The number of fused-ring (bicyclic) bond motifs is 1. The molecular formula is C44H50F4N6O8S. The molecule has 19 heteroatoms. The lowest BCUT2D eigenvalue weighted by atomic mass is 9.72. The third kappa shape index (κ3) is 11.4. The van der Waals surface area contributed by atoms with E-state index in [1.54, 1.807) is 30.5 Å². The fraction of sp³-hybridized carbons (Fsp3) is 0.455. The van der Waals surface area contributed by atoms with Crippen molar-refractivity contribution in [3.8, 4) is 17.2 Å². The van der Waals surface area contributed by atoms with Gasteiger partial charge < -0.3 is 24.1 Å². The van der Waals surface area contributed by atoms with E-state index in [1.807, 2.05) is 4.72 Å². The highest BCUT2D eigenvalue weighted by molar-refractivity contribution is 7.90. The lowest BCUT2D eigenvalue weighted by molar-refractivity contribution is -0.386. The first-order chi connectivity index (χ1) is 29.8. The molecule has 4 heterocycles. The predicted octanol–water partition coefficient (Wildman–Crippen LogP) is 8.81. The van der Waals surface area contributed by atoms with Crippen molar-refractivity contribution in [3.63, 3.8) is 0 Å². The Balaban J connectivity index is 1.08. The fourth-order valence-corrected chi connectivity index (χ4v) is 9.08. The number of hydrogen-bond acceptors (Lipinski definition) is 11. The molecule has 2 N–H and O–H groups in total. The standard InChI is InChI=1S/C44H50F4N6O8S/c1-29(8-12-44(46,47)48)36-25-42(2,3)11-9-31(36)27-52-16-18-53(19-17-52)32-4-6-35(39(23-32)62-33-22-30-10-15-49-40(30)50-26-33)41(55)51-63(58,59)34-5-7-38(37(24-34)54(56)57)61-28-43(45)13-20-60-21-14-43/h4-7,10,15,22-24,26H,1,8-9,11-14,16-21,25,27-28H2,2-3H3,(H,49,50)(H,51,55). The average molecular weight is 899 g/mol. The molecule has 1 aliphatic carbocycles. The zero-order valence-electron chi connectivity index (χ0n) is 35.1. The number of nitrogens with one attached hydrogen (secondary N) is 2. The number of pyridine rings is 1. The molecule has 2 aromatic carbocycles. The van der Waals surface area contributed by atoms with Crippen LogP contribution in [0.1, 0.15) is 69.2 Å². The predicted molar refractivity (Wildman–Crippen MR) is 227 cm³/mol. The summed E-state index contributed by atoms with van der Waals surface area (Å²) in [5, 5.41) is 12.7. The molecule has 0 saturated carbocycles. The lowest BCUT2D eigenvalue weighted by Gasteiger charge is -2.39. The minimum Gasteiger partial charge on any atom is -0.483 e. The number of ether oxygens (including phenoxy) is 3. The number of nitro groups is 1. The number of benzene rings is 2. The molecule has 2 aromatic heterocycles. The fourth-order valence-electron chi connectivity index (χ4n) is 8.10. The van der Waals surface area contributed by atoms with E-state index in [0.29, 0.717) is 56.1 Å². The smallest absolute Gasteiger partial charge is 0.389 e. The molecule has 2 fully saturated rings. The molecule has 3 aliphatic rings. The Labute approximate surface area is 362 Å². The summed E-state index contributed by atoms with van der Waals surface area (Å²) in [6.07, 6.45) is 0.320. The quantitative estimate of drug-likeness (QED) is 0.0665. The minimum absolute atomic E-state index is 0.0132. The van der Waals surface area contributed by atoms with Crippen molar-refractivity contribution in [2.24, 2.45) is 5.41 Å². The molecule has 0 radical (unpaired) electrons. The van der Waals surface area contributed by atoms with Crippen LogP contribution in [0.4, 0.5) is 28.9 Å². The molecular weight excluding hydrogens is 849 g/mol. The molecule has 14 nitrogen and oxygen atoms in total. The highest BCUT2D eigenvalue weighted by Crippen LogP contribution is 2.43. The van der Waals surface area contributed by atoms with E-state index in [0.717, 1.165) is 47.6 Å². The second-order valence-electron chi connectivity index (χ2n) is 17.1. The molecule has 63 heavy (non-hydrogen) atoms. The Bertz CT molecular complexity index is 2510. The van der Waals surface area contributed by atoms with Gasteiger partial charge in [0.25, 0.3) is 15.9 Å². The molecule has 4 aromatic rings. The van der Waals surface area contributed by atoms with Crippen LogP contribution in [0.3, 0.4) is 0 Å². The highest BCUT2D eigenvalue weighted by atomic mass is 32.2. The number of rotatable bonds is 15. The number of aromatic amines is 1. The number of alkyl halides is 4. The molecule has 0 spiro atoms. The van der Waals surface area contributed by atoms with Gasteiger partial charge in [-0.15, -0.1) is 0 Å². The van der Waals surface area contributed by atoms with E-state index in [1.165, 1.54) is 12.3 Å². The maximum Gasteiger partial charge on any atom is 0.389 e. The summed E-state index contributed by atoms with van der Waals surface area (Å²) in [6, 6.07) is 11.0. The lowest BCUT2D eigenvalue weighted by Crippen LogP contribution is -2.47. The number of nitrogens with zero attached hydrogens (tertiary/aromatic N) is 4. The zero-order chi connectivity index (χ0) is 45.2. The molecule has 0 atom stereocenters. The van der Waals surface area contributed by atoms with Gasteiger partial charge in [0.15, 0.2) is 5.75 Å². The Hall–Kier alpha value is -5.53. The van der Waals surface area contributed by atoms with Gasteiger partial charge in [-0.1, -0.05) is 31.6 Å². The van der Waals surface area contributed by atoms with E-state index in [4.69, 9.17) is 14.2 Å². The first-order valence-electron chi connectivity index (χ1n) is 20.7. The number of anilines is 1. The molecule has 7 rings (SSSR count). The van der Waals surface area contributed by atoms with Crippen molar-refractivity contribution in [1.29, 1.82) is 0 Å². The van der Waals surface area contributed by atoms with Crippen molar-refractivity contribution in [3.05, 3.63) is 99.9 Å². The molecule has 338 valence electrons. The van der Waals surface area contributed by atoms with Gasteiger partial charge in [0, 0.05) is 94.6 Å². The summed E-state index contributed by atoms with van der Waals surface area (Å²) in [4.78, 5) is 36.1. The average Bonchev–Trinajstić information content (AvgIpc) is 3.71. The topological polar surface area (TPSA) is 169 Å². The largest absolute Gasteiger partial charge is 0.483 e. The van der Waals surface area contributed by atoms with Crippen LogP contribution in [-0.2, 0) is 14.8 Å². The Kier molecular flexibility index (Phi) is 13.2. The summed E-state index contributed by atoms with van der Waals surface area (Å²) in [7, 11) is -4.71. The van der Waals surface area contributed by atoms with Gasteiger partial charge in [-0.3, -0.25) is 19.8 Å². The van der Waals surface area contributed by atoms with Crippen LogP contribution in [0.25, 0.3) is 11.0 Å². The van der Waals surface area contributed by atoms with Crippen molar-refractivity contribution in [2.45, 2.75) is 75.5 Å². The minimum atomic E-state index is -4.71. The number of piperazine rings is 1. The number of aromatic nitrogens is 2. The van der Waals surface area contributed by atoms with Gasteiger partial charge in [-0.05, 0) is 73.1 Å². The van der Waals surface area contributed by atoms with E-state index in [-0.39, 0.29) is 60.7 Å². The van der Waals surface area contributed by atoms with Crippen LogP contribution < -0.4 is 19.1 Å². The summed E-state index contributed by atoms with van der Waals surface area (Å²) in [6.45, 7) is 11.2. The molecule has 0 unspecified atom stereocenters. The normalized spacial score (nSPS) is 18.3. The van der Waals surface area contributed by atoms with E-state index < -0.39 is 56.3 Å². The molecule has 2 aliphatic heterocycles. The number of nitro benzene ring substituents is 1. The summed E-state index contributed by atoms with van der Waals surface area (Å²) < 4.78 is 101. The van der Waals surface area contributed by atoms with Crippen molar-refractivity contribution in [2.75, 3.05) is 57.4 Å². The Morgan fingerprint density at radius 3 is 2.51 bits per heavy atom. The van der Waals surface area contributed by atoms with Gasteiger partial charge in [-0.2, -0.15) is 13.2 Å². The first kappa shape index (κ1) is 45.5. The third-order valence-corrected chi connectivity index (χ3v) is 13.2. The van der Waals surface area contributed by atoms with Crippen molar-refractivity contribution >= 4 is 38.3 Å². The molecule has 2 saturated heterocycles. The van der Waals surface area contributed by atoms with Crippen LogP contribution >= 0.6 is 0 Å². The maximum absolute atomic E-state index is 15.1. The van der Waals surface area contributed by atoms with Crippen LogP contribution in [0.2, 0.25) is 0 Å². The summed E-state index contributed by atoms with van der Waals surface area (Å²) >= 11 is 0. The second kappa shape index (κ2) is 18.3. The first-order valence-corrected chi connectivity index (χ1v) is 22.2. The number of H-pyrrole nitrogens is 1. The van der Waals surface area contributed by atoms with Crippen LogP contribution in [0, 0.1) is 15.5 Å². The maximum atomic E-state index is 15.1. The number of carbonyl (C=O) groups is 1. The number of halogens is 4. The number of hydrogen-bond donors (Lipinski definition) is 2. The van der Waals surface area contributed by atoms with Gasteiger partial charge >= 0.3 is 11.9 Å². The van der Waals surface area contributed by atoms with Crippen LogP contribution in [0.15, 0.2) is 89.1 Å². The number of amides is 1. The van der Waals surface area contributed by atoms with Crippen LogP contribution in [-0.4, -0.2) is 98.5 Å². The summed E-state index contributed by atoms with van der Waals surface area (Å²) in [5.41, 5.74) is 1.22. The highest BCUT2D eigenvalue weighted by Gasteiger charge is 2.36. The number of allylic oxidation sites excluding steroid dienone is 2. The van der Waals surface area contributed by atoms with Gasteiger partial charge in [0.2, 0.25) is 0 Å². The SMILES string of the molecule is C=C(CCC(F)(F)F)C1=C(CN2CCN(c3ccc(C(=O)NS(=O)(=O)c4ccc(OCC5(F)CCOCC5)c([N+](=O)[O-])c4)c(Oc4cnc5[nH]ccc5c4)c3)CC2)CCC(C)(C)C1. The monoisotopic (exact) mass is 898 g/mol. The number of sulfonamides is 1.